The molecule has 4 heteroatoms. The Kier molecular flexibility index (Phi) is 6.01. The van der Waals surface area contributed by atoms with Gasteiger partial charge in [0.05, 0.1) is 6.54 Å². The molecule has 0 aromatic carbocycles. The van der Waals surface area contributed by atoms with Crippen LogP contribution in [0.15, 0.2) is 0 Å². The topological polar surface area (TPSA) is 40.6 Å². The van der Waals surface area contributed by atoms with E-state index in [1.165, 1.54) is 6.42 Å². The van der Waals surface area contributed by atoms with Crippen LogP contribution in [-0.4, -0.2) is 47.8 Å². The van der Waals surface area contributed by atoms with Crippen LogP contribution in [0.5, 0.6) is 0 Å². The van der Waals surface area contributed by atoms with Crippen LogP contribution < -0.4 is 0 Å². The van der Waals surface area contributed by atoms with Gasteiger partial charge in [0, 0.05) is 26.1 Å². The van der Waals surface area contributed by atoms with Gasteiger partial charge in [-0.3, -0.25) is 9.59 Å². The van der Waals surface area contributed by atoms with Crippen LogP contribution in [0.2, 0.25) is 0 Å². The fourth-order valence-corrected chi connectivity index (χ4v) is 2.15. The minimum Gasteiger partial charge on any atom is -0.341 e. The number of rotatable bonds is 5. The maximum atomic E-state index is 12.0. The highest BCUT2D eigenvalue weighted by atomic mass is 16.2. The molecule has 0 aromatic heterocycles. The Morgan fingerprint density at radius 1 is 1.12 bits per heavy atom. The minimum atomic E-state index is 0.0976. The van der Waals surface area contributed by atoms with Crippen LogP contribution in [0.4, 0.5) is 0 Å². The van der Waals surface area contributed by atoms with Gasteiger partial charge in [0.25, 0.3) is 0 Å². The van der Waals surface area contributed by atoms with E-state index < -0.39 is 0 Å². The van der Waals surface area contributed by atoms with Gasteiger partial charge in [0.15, 0.2) is 0 Å². The fourth-order valence-electron chi connectivity index (χ4n) is 2.15. The van der Waals surface area contributed by atoms with Gasteiger partial charge in [-0.05, 0) is 32.6 Å². The Balaban J connectivity index is 2.43. The third-order valence-electron chi connectivity index (χ3n) is 3.23. The number of hydrogen-bond acceptors (Lipinski definition) is 2. The molecule has 0 bridgehead atoms. The predicted octanol–water partition coefficient (Wildman–Crippen LogP) is 1.65. The van der Waals surface area contributed by atoms with E-state index in [2.05, 4.69) is 0 Å². The van der Waals surface area contributed by atoms with Crippen molar-refractivity contribution in [3.8, 4) is 0 Å². The lowest BCUT2D eigenvalue weighted by atomic mass is 10.1. The lowest BCUT2D eigenvalue weighted by molar-refractivity contribution is -0.140. The van der Waals surface area contributed by atoms with Gasteiger partial charge in [-0.15, -0.1) is 0 Å². The number of amides is 2. The minimum absolute atomic E-state index is 0.0976. The van der Waals surface area contributed by atoms with Crippen molar-refractivity contribution in [3.63, 3.8) is 0 Å². The lowest BCUT2D eigenvalue weighted by Gasteiger charge is -2.29. The molecule has 0 aliphatic carbocycles. The molecule has 1 heterocycles. The molecule has 1 aliphatic rings. The molecule has 0 saturated carbocycles. The van der Waals surface area contributed by atoms with Crippen molar-refractivity contribution in [1.82, 2.24) is 9.80 Å². The Morgan fingerprint density at radius 3 is 2.29 bits per heavy atom. The number of piperidine rings is 1. The highest BCUT2D eigenvalue weighted by Crippen LogP contribution is 2.09. The van der Waals surface area contributed by atoms with Crippen molar-refractivity contribution in [3.05, 3.63) is 0 Å². The van der Waals surface area contributed by atoms with Crippen LogP contribution in [-0.2, 0) is 9.59 Å². The molecular weight excluding hydrogens is 216 g/mol. The number of carbonyl (C=O) groups excluding carboxylic acids is 2. The Morgan fingerprint density at radius 2 is 1.76 bits per heavy atom. The second kappa shape index (κ2) is 7.30. The van der Waals surface area contributed by atoms with E-state index in [0.29, 0.717) is 13.0 Å². The first-order valence-corrected chi connectivity index (χ1v) is 6.74. The molecule has 4 nitrogen and oxygen atoms in total. The number of carbonyl (C=O) groups is 2. The van der Waals surface area contributed by atoms with E-state index >= 15 is 0 Å². The van der Waals surface area contributed by atoms with E-state index in [-0.39, 0.29) is 18.4 Å². The van der Waals surface area contributed by atoms with Crippen LogP contribution in [0, 0.1) is 0 Å². The van der Waals surface area contributed by atoms with Crippen LogP contribution >= 0.6 is 0 Å². The van der Waals surface area contributed by atoms with Gasteiger partial charge in [-0.25, -0.2) is 0 Å². The normalized spacial score (nSPS) is 15.8. The number of hydrogen-bond donors (Lipinski definition) is 0. The van der Waals surface area contributed by atoms with Crippen LogP contribution in [0.25, 0.3) is 0 Å². The highest BCUT2D eigenvalue weighted by Gasteiger charge is 2.20. The van der Waals surface area contributed by atoms with Gasteiger partial charge in [-0.2, -0.15) is 0 Å². The molecule has 1 saturated heterocycles. The monoisotopic (exact) mass is 240 g/mol. The standard InChI is InChI=1S/C13H24N2O2/c1-3-8-12(16)14(4-2)11-13(17)15-9-6-5-7-10-15/h3-11H2,1-2H3. The van der Waals surface area contributed by atoms with Crippen molar-refractivity contribution >= 4 is 11.8 Å². The Labute approximate surface area is 104 Å². The first-order chi connectivity index (χ1) is 8.19. The van der Waals surface area contributed by atoms with E-state index in [4.69, 9.17) is 0 Å². The van der Waals surface area contributed by atoms with Crippen molar-refractivity contribution < 1.29 is 9.59 Å². The molecule has 1 aliphatic heterocycles. The van der Waals surface area contributed by atoms with Gasteiger partial charge in [-0.1, -0.05) is 6.92 Å². The van der Waals surface area contributed by atoms with Crippen molar-refractivity contribution in [2.45, 2.75) is 46.0 Å². The second-order valence-corrected chi connectivity index (χ2v) is 4.60. The Hall–Kier alpha value is -1.06. The first-order valence-electron chi connectivity index (χ1n) is 6.74. The molecule has 0 atom stereocenters. The molecular formula is C13H24N2O2. The van der Waals surface area contributed by atoms with Crippen molar-refractivity contribution in [2.75, 3.05) is 26.2 Å². The molecule has 0 N–H and O–H groups in total. The maximum absolute atomic E-state index is 12.0. The molecule has 0 aromatic rings. The van der Waals surface area contributed by atoms with Gasteiger partial charge in [0.2, 0.25) is 11.8 Å². The van der Waals surface area contributed by atoms with Crippen LogP contribution in [0.1, 0.15) is 46.0 Å². The number of likely N-dealkylation sites (N-methyl/N-ethyl adjacent to an activating group) is 1. The van der Waals surface area contributed by atoms with Crippen molar-refractivity contribution in [1.29, 1.82) is 0 Å². The summed E-state index contributed by atoms with van der Waals surface area (Å²) in [5, 5.41) is 0. The quantitative estimate of drug-likeness (QED) is 0.733. The smallest absolute Gasteiger partial charge is 0.242 e. The zero-order chi connectivity index (χ0) is 12.7. The average Bonchev–Trinajstić information content (AvgIpc) is 2.37. The van der Waals surface area contributed by atoms with E-state index in [9.17, 15) is 9.59 Å². The molecule has 98 valence electrons. The SMILES string of the molecule is CCCC(=O)N(CC)CC(=O)N1CCCCC1. The third kappa shape index (κ3) is 4.36. The summed E-state index contributed by atoms with van der Waals surface area (Å²) < 4.78 is 0. The molecule has 17 heavy (non-hydrogen) atoms. The first kappa shape index (κ1) is 14.0. The largest absolute Gasteiger partial charge is 0.341 e. The zero-order valence-corrected chi connectivity index (χ0v) is 11.1. The summed E-state index contributed by atoms with van der Waals surface area (Å²) in [4.78, 5) is 27.3. The summed E-state index contributed by atoms with van der Waals surface area (Å²) in [6, 6.07) is 0. The number of nitrogens with zero attached hydrogens (tertiary/aromatic N) is 2. The molecule has 1 rings (SSSR count). The summed E-state index contributed by atoms with van der Waals surface area (Å²) in [6.07, 6.45) is 4.80. The molecule has 0 unspecified atom stereocenters. The van der Waals surface area contributed by atoms with E-state index in [1.54, 1.807) is 4.90 Å². The summed E-state index contributed by atoms with van der Waals surface area (Å²) in [7, 11) is 0. The van der Waals surface area contributed by atoms with Crippen LogP contribution in [0.3, 0.4) is 0 Å². The Bertz CT molecular complexity index is 260. The molecule has 0 radical (unpaired) electrons. The summed E-state index contributed by atoms with van der Waals surface area (Å²) in [5.41, 5.74) is 0. The van der Waals surface area contributed by atoms with Crippen molar-refractivity contribution in [2.24, 2.45) is 0 Å². The third-order valence-corrected chi connectivity index (χ3v) is 3.23. The van der Waals surface area contributed by atoms with E-state index in [1.807, 2.05) is 18.7 Å². The zero-order valence-electron chi connectivity index (χ0n) is 11.1. The molecule has 0 spiro atoms. The summed E-state index contributed by atoms with van der Waals surface area (Å²) in [5.74, 6) is 0.205. The lowest BCUT2D eigenvalue weighted by Crippen LogP contribution is -2.44. The average molecular weight is 240 g/mol. The van der Waals surface area contributed by atoms with Gasteiger partial charge < -0.3 is 9.80 Å². The number of likely N-dealkylation sites (tertiary alicyclic amines) is 1. The van der Waals surface area contributed by atoms with Gasteiger partial charge in [0.1, 0.15) is 0 Å². The van der Waals surface area contributed by atoms with E-state index in [0.717, 1.165) is 32.4 Å². The maximum Gasteiger partial charge on any atom is 0.242 e. The fraction of sp³-hybridized carbons (Fsp3) is 0.846. The summed E-state index contributed by atoms with van der Waals surface area (Å²) in [6.45, 7) is 6.51. The highest BCUT2D eigenvalue weighted by molar-refractivity contribution is 5.84. The van der Waals surface area contributed by atoms with Gasteiger partial charge >= 0.3 is 0 Å². The summed E-state index contributed by atoms with van der Waals surface area (Å²) >= 11 is 0. The molecule has 2 amide bonds. The predicted molar refractivity (Wildman–Crippen MR) is 67.6 cm³/mol. The molecule has 1 fully saturated rings. The second-order valence-electron chi connectivity index (χ2n) is 4.60.